The number of halogens is 2. The van der Waals surface area contributed by atoms with E-state index in [1.54, 1.807) is 18.2 Å². The van der Waals surface area contributed by atoms with Gasteiger partial charge in [0.1, 0.15) is 52.1 Å². The number of aromatic nitrogens is 6. The van der Waals surface area contributed by atoms with Crippen LogP contribution in [0.3, 0.4) is 0 Å². The van der Waals surface area contributed by atoms with E-state index < -0.39 is 104 Å². The Balaban J connectivity index is -0.00000336. The molecule has 0 atom stereocenters. The molecule has 0 fully saturated rings. The number of rotatable bonds is 14. The molecule has 0 aliphatic heterocycles. The monoisotopic (exact) mass is 1230 g/mol. The van der Waals surface area contributed by atoms with Crippen LogP contribution in [-0.2, 0) is 74.5 Å². The zero-order valence-electron chi connectivity index (χ0n) is 38.7. The van der Waals surface area contributed by atoms with Gasteiger partial charge >= 0.3 is 199 Å². The van der Waals surface area contributed by atoms with E-state index in [0.717, 1.165) is 35.9 Å². The van der Waals surface area contributed by atoms with Crippen molar-refractivity contribution in [2.24, 2.45) is 0 Å². The summed E-state index contributed by atoms with van der Waals surface area (Å²) in [6.07, 6.45) is 2.36. The van der Waals surface area contributed by atoms with Gasteiger partial charge in [0.2, 0.25) is 22.5 Å². The van der Waals surface area contributed by atoms with E-state index in [2.05, 4.69) is 52.7 Å². The van der Waals surface area contributed by atoms with E-state index in [-0.39, 0.29) is 218 Å². The van der Waals surface area contributed by atoms with Crippen molar-refractivity contribution in [2.45, 2.75) is 32.4 Å². The molecule has 0 radical (unpaired) electrons. The average Bonchev–Trinajstić information content (AvgIpc) is 3.19. The summed E-state index contributed by atoms with van der Waals surface area (Å²) in [5, 5.41) is 4.14. The van der Waals surface area contributed by atoms with E-state index >= 15 is 0 Å². The smallest absolute Gasteiger partial charge is 0.744 e. The van der Waals surface area contributed by atoms with Gasteiger partial charge in [-0.1, -0.05) is 30.4 Å². The molecule has 360 valence electrons. The predicted octanol–water partition coefficient (Wildman–Crippen LogP) is -16.6. The summed E-state index contributed by atoms with van der Waals surface area (Å²) >= 11 is 12.1. The van der Waals surface area contributed by atoms with Crippen LogP contribution < -0.4 is 188 Å². The van der Waals surface area contributed by atoms with Crippen LogP contribution in [0.4, 0.5) is 23.3 Å². The second-order valence-corrected chi connectivity index (χ2v) is 19.4. The second-order valence-electron chi connectivity index (χ2n) is 12.4. The largest absolute Gasteiger partial charge is 1.00 e. The van der Waals surface area contributed by atoms with Crippen LogP contribution in [0.5, 0.6) is 0 Å². The quantitative estimate of drug-likeness (QED) is 0.0442. The average molecular weight is 1230 g/mol. The number of nitrogens with one attached hydrogen (secondary N) is 2. The van der Waals surface area contributed by atoms with Gasteiger partial charge < -0.3 is 41.0 Å². The van der Waals surface area contributed by atoms with Crippen molar-refractivity contribution >= 4 is 120 Å². The summed E-state index contributed by atoms with van der Waals surface area (Å²) < 4.78 is 195. The van der Waals surface area contributed by atoms with Crippen molar-refractivity contribution < 1.29 is 254 Å². The first kappa shape index (κ1) is 77.9. The Hall–Kier alpha value is -0.300. The van der Waals surface area contributed by atoms with Gasteiger partial charge in [-0.05, 0) is 82.7 Å². The van der Waals surface area contributed by atoms with Crippen molar-refractivity contribution in [1.29, 1.82) is 0 Å². The Morgan fingerprint density at radius 3 is 1.49 bits per heavy atom. The van der Waals surface area contributed by atoms with Gasteiger partial charge in [-0.2, -0.15) is 15.0 Å². The normalized spacial score (nSPS) is 10.7. The van der Waals surface area contributed by atoms with Gasteiger partial charge in [0, 0.05) is 12.1 Å². The minimum Gasteiger partial charge on any atom is -0.744 e. The molecular formula is C34H20Cl2N8Na6O18S6. The van der Waals surface area contributed by atoms with E-state index in [1.807, 2.05) is 0 Å². The zero-order valence-corrected chi connectivity index (χ0v) is 57.1. The van der Waals surface area contributed by atoms with E-state index in [9.17, 15) is 51.9 Å². The van der Waals surface area contributed by atoms with E-state index in [4.69, 9.17) is 48.5 Å². The number of benzene rings is 4. The Bertz CT molecular complexity index is 3630. The van der Waals surface area contributed by atoms with Crippen molar-refractivity contribution in [3.63, 3.8) is 0 Å². The maximum Gasteiger partial charge on any atom is 1.00 e. The molecule has 0 spiro atoms. The van der Waals surface area contributed by atoms with Gasteiger partial charge in [-0.15, -0.1) is 25.3 Å². The van der Waals surface area contributed by atoms with Crippen LogP contribution in [0.2, 0.25) is 10.6 Å². The Labute approximate surface area is 567 Å². The summed E-state index contributed by atoms with van der Waals surface area (Å²) in [5.41, 5.74) is -0.256. The van der Waals surface area contributed by atoms with Crippen molar-refractivity contribution in [1.82, 2.24) is 29.9 Å². The van der Waals surface area contributed by atoms with Crippen LogP contribution in [0.25, 0.3) is 12.2 Å². The zero-order chi connectivity index (χ0) is 50.8. The minimum absolute atomic E-state index is 0. The predicted molar refractivity (Wildman–Crippen MR) is 225 cm³/mol. The molecule has 0 amide bonds. The van der Waals surface area contributed by atoms with Crippen LogP contribution in [0.15, 0.2) is 92.4 Å². The molecule has 26 nitrogen and oxygen atoms in total. The first-order valence-corrected chi connectivity index (χ1v) is 25.5. The third-order valence-corrected chi connectivity index (χ3v) is 11.7. The standard InChI is InChI=1S/C34H24Cl2N8O12S4.6Na.2O3S/c35-31-40-29(15-19-4-2-1-3-5-19)39-30(41-31)16-20-6-7-21(27(14-20)59(51,52)53)8-9-22-10-11-23(17-28(22)60(54,55)56)37-33-42-32(36)43-34(44-33)38-25-18-24(57(45,46)47)12-13-26(25)58(48,49)50;;;;;;;2*1-4(2)3/h1-2,5-14,17-18H,15-16H2,(H,45,46,47)(H,48,49,50)(H,51,52,53)(H,54,55,56)(H2,37,38,42,43,44);;;;;;;;/q-2;6*+1;;/p-4/b9-8+;;;;;;;;. The maximum absolute atomic E-state index is 12.4. The summed E-state index contributed by atoms with van der Waals surface area (Å²) in [7, 11) is -27.0. The maximum atomic E-state index is 12.4. The number of anilines is 4. The molecule has 2 heterocycles. The fourth-order valence-corrected chi connectivity index (χ4v) is 8.20. The molecule has 0 bridgehead atoms. The number of hydrogen-bond donors (Lipinski definition) is 2. The fourth-order valence-electron chi connectivity index (χ4n) is 5.32. The molecule has 0 saturated heterocycles. The molecule has 40 heteroatoms. The van der Waals surface area contributed by atoms with Crippen LogP contribution in [0, 0.1) is 12.1 Å². The van der Waals surface area contributed by atoms with E-state index in [0.29, 0.717) is 29.6 Å². The van der Waals surface area contributed by atoms with Crippen molar-refractivity contribution in [2.75, 3.05) is 10.6 Å². The van der Waals surface area contributed by atoms with Crippen LogP contribution in [0.1, 0.15) is 33.9 Å². The van der Waals surface area contributed by atoms with Crippen molar-refractivity contribution in [3.8, 4) is 0 Å². The molecule has 0 aliphatic rings. The number of hydrogen-bond acceptors (Lipinski definition) is 26. The van der Waals surface area contributed by atoms with Crippen molar-refractivity contribution in [3.05, 3.63) is 129 Å². The summed E-state index contributed by atoms with van der Waals surface area (Å²) in [4.78, 5) is 20.6. The molecule has 6 rings (SSSR count). The molecule has 6 aromatic rings. The second kappa shape index (κ2) is 34.8. The van der Waals surface area contributed by atoms with Gasteiger partial charge in [0.15, 0.2) is 0 Å². The molecule has 0 unspecified atom stereocenters. The van der Waals surface area contributed by atoms with Gasteiger partial charge in [-0.25, -0.2) is 48.6 Å². The molecule has 74 heavy (non-hydrogen) atoms. The molecule has 4 aromatic carbocycles. The SMILES string of the molecule is O=S(=O)([O-])c1ccc(S(=O)(=O)[O-])c(Nc2nc(Cl)nc(Nc3ccc(/C=C/c4ccc(Cc5nc(Cl)nc(Cc6[c-]cc[c-]c6)n5)cc4S(=O)(=O)[O-])c(S(=O)(=O)[O-])c3)n2)c1.O=S(=O)=O.O=S(=O)=O.[Na+].[Na+].[Na+].[Na+].[Na+].[Na+]. The summed E-state index contributed by atoms with van der Waals surface area (Å²) in [5.74, 6) is -0.572. The van der Waals surface area contributed by atoms with E-state index in [1.165, 1.54) is 18.2 Å². The van der Waals surface area contributed by atoms with Crippen LogP contribution >= 0.6 is 23.2 Å². The van der Waals surface area contributed by atoms with Crippen LogP contribution in [-0.4, -0.2) is 107 Å². The molecule has 2 aromatic heterocycles. The Kier molecular flexibility index (Phi) is 36.6. The van der Waals surface area contributed by atoms with Gasteiger partial charge in [0.25, 0.3) is 0 Å². The van der Waals surface area contributed by atoms with Gasteiger partial charge in [0.05, 0.1) is 25.3 Å². The third-order valence-electron chi connectivity index (χ3n) is 7.81. The minimum atomic E-state index is -5.26. The Morgan fingerprint density at radius 2 is 1.00 bits per heavy atom. The fraction of sp³-hybridized carbons (Fsp3) is 0.0588. The molecule has 0 aliphatic carbocycles. The Morgan fingerprint density at radius 1 is 0.527 bits per heavy atom. The number of nitrogens with zero attached hydrogens (tertiary/aromatic N) is 6. The summed E-state index contributed by atoms with van der Waals surface area (Å²) in [6.45, 7) is 0. The summed E-state index contributed by atoms with van der Waals surface area (Å²) in [6, 6.07) is 19.7. The first-order valence-electron chi connectivity index (χ1n) is 17.2. The molecular weight excluding hydrogens is 1210 g/mol. The molecule has 2 N–H and O–H groups in total. The van der Waals surface area contributed by atoms with Gasteiger partial charge in [-0.3, -0.25) is 23.8 Å². The molecule has 0 saturated carbocycles. The third kappa shape index (κ3) is 26.8. The first-order chi connectivity index (χ1) is 31.5. The topological polar surface area (TPSA) is 433 Å².